The number of nitrogens with one attached hydrogen (secondary N) is 1. The summed E-state index contributed by atoms with van der Waals surface area (Å²) in [6, 6.07) is 8.10. The highest BCUT2D eigenvalue weighted by molar-refractivity contribution is 7.09. The third kappa shape index (κ3) is 7.03. The van der Waals surface area contributed by atoms with Crippen LogP contribution in [0.2, 0.25) is 0 Å². The van der Waals surface area contributed by atoms with Gasteiger partial charge in [-0.3, -0.25) is 4.98 Å². The molecule has 10 heteroatoms. The lowest BCUT2D eigenvalue weighted by Crippen LogP contribution is -2.21. The van der Waals surface area contributed by atoms with Crippen LogP contribution in [0.1, 0.15) is 34.7 Å². The standard InChI is InChI=1S/C20H23N3OS.C2HF3O2/c1-13-4-5-17(20(24)14(13)2)15(3)22-11-8-19-23-18(12-25-19)16-6-9-21-10-7-16;3-2(4,5)1(6)7/h4-7,9-10,12,15,22,24H,8,11H2,1-3H3;(H,6,7). The van der Waals surface area contributed by atoms with Crippen molar-refractivity contribution in [1.82, 2.24) is 15.3 Å². The van der Waals surface area contributed by atoms with Crippen molar-refractivity contribution in [3.63, 3.8) is 0 Å². The monoisotopic (exact) mass is 467 g/mol. The van der Waals surface area contributed by atoms with E-state index in [1.165, 1.54) is 0 Å². The second-order valence-electron chi connectivity index (χ2n) is 7.04. The van der Waals surface area contributed by atoms with Crippen LogP contribution in [-0.4, -0.2) is 38.9 Å². The van der Waals surface area contributed by atoms with Crippen LogP contribution < -0.4 is 5.32 Å². The lowest BCUT2D eigenvalue weighted by Gasteiger charge is -2.17. The summed E-state index contributed by atoms with van der Waals surface area (Å²) in [6.45, 7) is 6.86. The van der Waals surface area contributed by atoms with Gasteiger partial charge >= 0.3 is 12.1 Å². The fraction of sp³-hybridized carbons (Fsp3) is 0.318. The van der Waals surface area contributed by atoms with Gasteiger partial charge < -0.3 is 15.5 Å². The first-order valence-corrected chi connectivity index (χ1v) is 10.6. The van der Waals surface area contributed by atoms with Crippen molar-refractivity contribution < 1.29 is 28.2 Å². The Kier molecular flexibility index (Phi) is 8.73. The first-order chi connectivity index (χ1) is 15.0. The Morgan fingerprint density at radius 1 is 1.19 bits per heavy atom. The number of thiazole rings is 1. The number of aromatic hydroxyl groups is 1. The number of carbonyl (C=O) groups is 1. The molecule has 3 aromatic rings. The van der Waals surface area contributed by atoms with Gasteiger partial charge in [-0.15, -0.1) is 11.3 Å². The molecule has 3 rings (SSSR count). The number of alkyl halides is 3. The molecule has 2 heterocycles. The van der Waals surface area contributed by atoms with Gasteiger partial charge in [0.05, 0.1) is 10.7 Å². The fourth-order valence-electron chi connectivity index (χ4n) is 2.76. The smallest absolute Gasteiger partial charge is 0.490 e. The van der Waals surface area contributed by atoms with Crippen molar-refractivity contribution in [2.45, 2.75) is 39.4 Å². The van der Waals surface area contributed by atoms with Crippen LogP contribution in [0.25, 0.3) is 11.3 Å². The number of phenols is 1. The number of rotatable bonds is 6. The van der Waals surface area contributed by atoms with E-state index in [4.69, 9.17) is 14.9 Å². The summed E-state index contributed by atoms with van der Waals surface area (Å²) in [6.07, 6.45) is -0.646. The Balaban J connectivity index is 0.000000451. The molecule has 0 saturated heterocycles. The molecular formula is C22H24F3N3O3S. The van der Waals surface area contributed by atoms with Crippen LogP contribution in [-0.2, 0) is 11.2 Å². The summed E-state index contributed by atoms with van der Waals surface area (Å²) >= 11 is 1.68. The lowest BCUT2D eigenvalue weighted by atomic mass is 10.00. The van der Waals surface area contributed by atoms with E-state index in [1.807, 2.05) is 32.0 Å². The zero-order valence-corrected chi connectivity index (χ0v) is 18.6. The van der Waals surface area contributed by atoms with Crippen LogP contribution in [0, 0.1) is 13.8 Å². The average molecular weight is 468 g/mol. The number of benzene rings is 1. The van der Waals surface area contributed by atoms with Crippen LogP contribution in [0.4, 0.5) is 13.2 Å². The average Bonchev–Trinajstić information content (AvgIpc) is 3.21. The van der Waals surface area contributed by atoms with Crippen LogP contribution in [0.3, 0.4) is 0 Å². The van der Waals surface area contributed by atoms with E-state index in [1.54, 1.807) is 23.7 Å². The Bertz CT molecular complexity index is 1040. The van der Waals surface area contributed by atoms with Gasteiger partial charge in [-0.1, -0.05) is 12.1 Å². The van der Waals surface area contributed by atoms with Gasteiger partial charge in [-0.05, 0) is 44.0 Å². The summed E-state index contributed by atoms with van der Waals surface area (Å²) in [5, 5.41) is 24.1. The number of carboxylic acid groups (broad SMARTS) is 1. The Morgan fingerprint density at radius 3 is 2.41 bits per heavy atom. The number of phenolic OH excluding ortho intramolecular Hbond substituents is 1. The third-order valence-electron chi connectivity index (χ3n) is 4.76. The second-order valence-corrected chi connectivity index (χ2v) is 7.98. The number of halogens is 3. The number of nitrogens with zero attached hydrogens (tertiary/aromatic N) is 2. The van der Waals surface area contributed by atoms with E-state index in [9.17, 15) is 18.3 Å². The number of hydrogen-bond donors (Lipinski definition) is 3. The number of hydrogen-bond acceptors (Lipinski definition) is 6. The van der Waals surface area contributed by atoms with Gasteiger partial charge in [0.1, 0.15) is 5.75 Å². The minimum absolute atomic E-state index is 0.0962. The molecule has 1 aromatic carbocycles. The molecule has 6 nitrogen and oxygen atoms in total. The molecular weight excluding hydrogens is 443 g/mol. The molecule has 1 atom stereocenters. The van der Waals surface area contributed by atoms with Crippen molar-refractivity contribution in [1.29, 1.82) is 0 Å². The molecule has 2 aromatic heterocycles. The molecule has 0 spiro atoms. The Hall–Kier alpha value is -2.98. The normalized spacial score (nSPS) is 12.1. The van der Waals surface area contributed by atoms with Gasteiger partial charge in [-0.25, -0.2) is 9.78 Å². The van der Waals surface area contributed by atoms with Gasteiger partial charge in [-0.2, -0.15) is 13.2 Å². The van der Waals surface area contributed by atoms with E-state index in [0.29, 0.717) is 5.75 Å². The number of aliphatic carboxylic acids is 1. The maximum atomic E-state index is 10.6. The molecule has 0 saturated carbocycles. The predicted molar refractivity (Wildman–Crippen MR) is 117 cm³/mol. The number of aromatic nitrogens is 2. The molecule has 0 amide bonds. The summed E-state index contributed by atoms with van der Waals surface area (Å²) in [5.74, 6) is -2.36. The maximum absolute atomic E-state index is 10.6. The molecule has 0 aliphatic carbocycles. The van der Waals surface area contributed by atoms with Crippen LogP contribution in [0.15, 0.2) is 42.0 Å². The zero-order chi connectivity index (χ0) is 23.9. The highest BCUT2D eigenvalue weighted by Crippen LogP contribution is 2.29. The van der Waals surface area contributed by atoms with Crippen molar-refractivity contribution >= 4 is 17.3 Å². The summed E-state index contributed by atoms with van der Waals surface area (Å²) in [5.41, 5.74) is 5.11. The van der Waals surface area contributed by atoms with E-state index < -0.39 is 12.1 Å². The first-order valence-electron chi connectivity index (χ1n) is 9.68. The van der Waals surface area contributed by atoms with E-state index in [-0.39, 0.29) is 6.04 Å². The molecule has 172 valence electrons. The largest absolute Gasteiger partial charge is 0.507 e. The van der Waals surface area contributed by atoms with Crippen molar-refractivity contribution in [3.05, 3.63) is 63.7 Å². The highest BCUT2D eigenvalue weighted by atomic mass is 32.1. The fourth-order valence-corrected chi connectivity index (χ4v) is 3.57. The molecule has 0 aliphatic rings. The van der Waals surface area contributed by atoms with Gasteiger partial charge in [0.25, 0.3) is 0 Å². The Morgan fingerprint density at radius 2 is 1.81 bits per heavy atom. The first kappa shape index (κ1) is 25.3. The van der Waals surface area contributed by atoms with E-state index >= 15 is 0 Å². The molecule has 0 aliphatic heterocycles. The molecule has 32 heavy (non-hydrogen) atoms. The lowest BCUT2D eigenvalue weighted by molar-refractivity contribution is -0.192. The van der Waals surface area contributed by atoms with Crippen molar-refractivity contribution in [2.75, 3.05) is 6.54 Å². The van der Waals surface area contributed by atoms with Gasteiger partial charge in [0, 0.05) is 47.9 Å². The molecule has 1 unspecified atom stereocenters. The maximum Gasteiger partial charge on any atom is 0.490 e. The Labute approximate surface area is 187 Å². The zero-order valence-electron chi connectivity index (χ0n) is 17.8. The number of aryl methyl sites for hydroxylation is 1. The quantitative estimate of drug-likeness (QED) is 0.469. The molecule has 3 N–H and O–H groups in total. The number of pyridine rings is 1. The molecule has 0 radical (unpaired) electrons. The van der Waals surface area contributed by atoms with Crippen LogP contribution >= 0.6 is 11.3 Å². The SMILES string of the molecule is Cc1ccc(C(C)NCCc2nc(-c3ccncc3)cs2)c(O)c1C.O=C(O)C(F)(F)F. The molecule has 0 bridgehead atoms. The highest BCUT2D eigenvalue weighted by Gasteiger charge is 2.38. The van der Waals surface area contributed by atoms with Gasteiger partial charge in [0.15, 0.2) is 0 Å². The topological polar surface area (TPSA) is 95.3 Å². The summed E-state index contributed by atoms with van der Waals surface area (Å²) in [7, 11) is 0. The summed E-state index contributed by atoms with van der Waals surface area (Å²) in [4.78, 5) is 17.6. The minimum Gasteiger partial charge on any atom is -0.507 e. The van der Waals surface area contributed by atoms with E-state index in [2.05, 4.69) is 28.7 Å². The predicted octanol–water partition coefficient (Wildman–Crippen LogP) is 5.05. The van der Waals surface area contributed by atoms with Gasteiger partial charge in [0.2, 0.25) is 0 Å². The minimum atomic E-state index is -5.08. The summed E-state index contributed by atoms with van der Waals surface area (Å²) < 4.78 is 31.7. The van der Waals surface area contributed by atoms with Crippen molar-refractivity contribution in [2.24, 2.45) is 0 Å². The number of carboxylic acids is 1. The second kappa shape index (κ2) is 11.1. The van der Waals surface area contributed by atoms with E-state index in [0.717, 1.165) is 45.9 Å². The van der Waals surface area contributed by atoms with Crippen molar-refractivity contribution in [3.8, 4) is 17.0 Å². The molecule has 0 fully saturated rings. The third-order valence-corrected chi connectivity index (χ3v) is 5.67. The van der Waals surface area contributed by atoms with Crippen LogP contribution in [0.5, 0.6) is 5.75 Å².